The van der Waals surface area contributed by atoms with Crippen LogP contribution >= 0.6 is 15.9 Å². The lowest BCUT2D eigenvalue weighted by Crippen LogP contribution is -2.38. The molecule has 0 amide bonds. The van der Waals surface area contributed by atoms with E-state index in [-0.39, 0.29) is 17.2 Å². The summed E-state index contributed by atoms with van der Waals surface area (Å²) < 4.78 is 24.6. The summed E-state index contributed by atoms with van der Waals surface area (Å²) in [7, 11) is -2.97. The van der Waals surface area contributed by atoms with Crippen molar-refractivity contribution in [2.75, 3.05) is 6.26 Å². The van der Waals surface area contributed by atoms with E-state index < -0.39 is 9.84 Å². The molecule has 3 N–H and O–H groups in total. The Bertz CT molecular complexity index is 545. The molecule has 1 fully saturated rings. The van der Waals surface area contributed by atoms with Gasteiger partial charge in [0.25, 0.3) is 0 Å². The first kappa shape index (κ1) is 15.9. The van der Waals surface area contributed by atoms with Crippen LogP contribution in [0.5, 0.6) is 0 Å². The number of halogens is 1. The van der Waals surface area contributed by atoms with E-state index in [2.05, 4.69) is 21.4 Å². The van der Waals surface area contributed by atoms with Crippen LogP contribution in [-0.2, 0) is 9.84 Å². The standard InChI is InChI=1S/C14H21BrN2O2S/c1-20(18,19)13-4-2-3-11(9-13)14(17-16)10-5-7-12(15)8-6-10/h5-8,11,13-14,17H,2-4,9,16H2,1H3. The number of benzene rings is 1. The molecular weight excluding hydrogens is 340 g/mol. The van der Waals surface area contributed by atoms with Crippen molar-refractivity contribution in [3.63, 3.8) is 0 Å². The molecule has 1 aromatic carbocycles. The van der Waals surface area contributed by atoms with Gasteiger partial charge in [0.2, 0.25) is 0 Å². The highest BCUT2D eigenvalue weighted by Crippen LogP contribution is 2.36. The summed E-state index contributed by atoms with van der Waals surface area (Å²) in [4.78, 5) is 0. The van der Waals surface area contributed by atoms with Crippen LogP contribution in [0.3, 0.4) is 0 Å². The lowest BCUT2D eigenvalue weighted by atomic mass is 9.81. The van der Waals surface area contributed by atoms with E-state index in [1.807, 2.05) is 24.3 Å². The van der Waals surface area contributed by atoms with Gasteiger partial charge in [0.05, 0.1) is 5.25 Å². The lowest BCUT2D eigenvalue weighted by Gasteiger charge is -2.33. The number of hydrazine groups is 1. The van der Waals surface area contributed by atoms with E-state index in [4.69, 9.17) is 5.84 Å². The van der Waals surface area contributed by atoms with E-state index >= 15 is 0 Å². The number of nitrogens with one attached hydrogen (secondary N) is 1. The maximum Gasteiger partial charge on any atom is 0.150 e. The second-order valence-electron chi connectivity index (χ2n) is 5.57. The van der Waals surface area contributed by atoms with Gasteiger partial charge in [-0.2, -0.15) is 0 Å². The topological polar surface area (TPSA) is 72.2 Å². The first-order valence-electron chi connectivity index (χ1n) is 6.82. The van der Waals surface area contributed by atoms with E-state index in [1.54, 1.807) is 0 Å². The van der Waals surface area contributed by atoms with Crippen molar-refractivity contribution in [2.24, 2.45) is 11.8 Å². The molecule has 0 aliphatic heterocycles. The third kappa shape index (κ3) is 3.81. The lowest BCUT2D eigenvalue weighted by molar-refractivity contribution is 0.274. The highest BCUT2D eigenvalue weighted by molar-refractivity contribution is 9.10. The molecule has 3 atom stereocenters. The van der Waals surface area contributed by atoms with Gasteiger partial charge in [0.15, 0.2) is 0 Å². The second kappa shape index (κ2) is 6.56. The molecule has 112 valence electrons. The van der Waals surface area contributed by atoms with Gasteiger partial charge in [-0.05, 0) is 42.9 Å². The molecule has 3 unspecified atom stereocenters. The van der Waals surface area contributed by atoms with Gasteiger partial charge in [0.1, 0.15) is 9.84 Å². The molecule has 0 spiro atoms. The highest BCUT2D eigenvalue weighted by atomic mass is 79.9. The van der Waals surface area contributed by atoms with Crippen molar-refractivity contribution in [1.29, 1.82) is 0 Å². The minimum absolute atomic E-state index is 0.00708. The Labute approximate surface area is 129 Å². The Kier molecular flexibility index (Phi) is 5.23. The minimum atomic E-state index is -2.97. The zero-order valence-electron chi connectivity index (χ0n) is 11.5. The zero-order chi connectivity index (χ0) is 14.8. The zero-order valence-corrected chi connectivity index (χ0v) is 14.0. The smallest absolute Gasteiger partial charge is 0.150 e. The molecule has 0 heterocycles. The SMILES string of the molecule is CS(=O)(=O)C1CCCC(C(NN)c2ccc(Br)cc2)C1. The number of sulfone groups is 1. The van der Waals surface area contributed by atoms with Gasteiger partial charge in [-0.25, -0.2) is 8.42 Å². The van der Waals surface area contributed by atoms with Crippen LogP contribution in [0.1, 0.15) is 37.3 Å². The van der Waals surface area contributed by atoms with Gasteiger partial charge in [-0.1, -0.05) is 34.5 Å². The Morgan fingerprint density at radius 2 is 1.95 bits per heavy atom. The summed E-state index contributed by atoms with van der Waals surface area (Å²) in [6.45, 7) is 0. The van der Waals surface area contributed by atoms with Crippen LogP contribution < -0.4 is 11.3 Å². The Morgan fingerprint density at radius 1 is 1.30 bits per heavy atom. The molecule has 2 rings (SSSR count). The summed E-state index contributed by atoms with van der Waals surface area (Å²) in [5.74, 6) is 5.98. The van der Waals surface area contributed by atoms with E-state index in [9.17, 15) is 8.42 Å². The van der Waals surface area contributed by atoms with Crippen LogP contribution in [0.4, 0.5) is 0 Å². The van der Waals surface area contributed by atoms with Crippen molar-refractivity contribution in [3.05, 3.63) is 34.3 Å². The number of hydrogen-bond donors (Lipinski definition) is 2. The normalized spacial score (nSPS) is 25.4. The van der Waals surface area contributed by atoms with Crippen LogP contribution in [0.15, 0.2) is 28.7 Å². The van der Waals surface area contributed by atoms with Crippen LogP contribution in [0, 0.1) is 5.92 Å². The fraction of sp³-hybridized carbons (Fsp3) is 0.571. The molecule has 6 heteroatoms. The summed E-state index contributed by atoms with van der Waals surface area (Å²) >= 11 is 3.42. The summed E-state index contributed by atoms with van der Waals surface area (Å²) in [5.41, 5.74) is 3.98. The van der Waals surface area contributed by atoms with Crippen molar-refractivity contribution in [1.82, 2.24) is 5.43 Å². The molecular formula is C14H21BrN2O2S. The van der Waals surface area contributed by atoms with Gasteiger partial charge in [-0.3, -0.25) is 11.3 Å². The third-order valence-electron chi connectivity index (χ3n) is 4.15. The molecule has 1 aliphatic carbocycles. The first-order valence-corrected chi connectivity index (χ1v) is 9.57. The molecule has 1 aliphatic rings. The maximum absolute atomic E-state index is 11.8. The van der Waals surface area contributed by atoms with Gasteiger partial charge < -0.3 is 0 Å². The van der Waals surface area contributed by atoms with E-state index in [0.29, 0.717) is 6.42 Å². The molecule has 0 aromatic heterocycles. The predicted octanol–water partition coefficient (Wildman–Crippen LogP) is 2.56. The molecule has 0 radical (unpaired) electrons. The monoisotopic (exact) mass is 360 g/mol. The van der Waals surface area contributed by atoms with Crippen LogP contribution in [-0.4, -0.2) is 19.9 Å². The fourth-order valence-electron chi connectivity index (χ4n) is 3.05. The molecule has 20 heavy (non-hydrogen) atoms. The van der Waals surface area contributed by atoms with Crippen molar-refractivity contribution in [3.8, 4) is 0 Å². The average Bonchev–Trinajstić information content (AvgIpc) is 2.41. The van der Waals surface area contributed by atoms with Gasteiger partial charge >= 0.3 is 0 Å². The first-order chi connectivity index (χ1) is 9.41. The molecule has 0 bridgehead atoms. The second-order valence-corrected chi connectivity index (χ2v) is 8.82. The maximum atomic E-state index is 11.8. The van der Waals surface area contributed by atoms with E-state index in [0.717, 1.165) is 29.3 Å². The highest BCUT2D eigenvalue weighted by Gasteiger charge is 2.33. The number of rotatable bonds is 4. The van der Waals surface area contributed by atoms with Crippen LogP contribution in [0.25, 0.3) is 0 Å². The summed E-state index contributed by atoms with van der Waals surface area (Å²) in [6.07, 6.45) is 4.75. The quantitative estimate of drug-likeness (QED) is 0.639. The van der Waals surface area contributed by atoms with Crippen LogP contribution in [0.2, 0.25) is 0 Å². The van der Waals surface area contributed by atoms with Gasteiger partial charge in [-0.15, -0.1) is 0 Å². The van der Waals surface area contributed by atoms with E-state index in [1.165, 1.54) is 6.26 Å². The van der Waals surface area contributed by atoms with Crippen molar-refractivity contribution < 1.29 is 8.42 Å². The predicted molar refractivity (Wildman–Crippen MR) is 84.8 cm³/mol. The minimum Gasteiger partial charge on any atom is -0.271 e. The molecule has 0 saturated heterocycles. The Balaban J connectivity index is 2.17. The third-order valence-corrected chi connectivity index (χ3v) is 6.32. The van der Waals surface area contributed by atoms with Gasteiger partial charge in [0, 0.05) is 16.8 Å². The fourth-order valence-corrected chi connectivity index (χ4v) is 4.50. The summed E-state index contributed by atoms with van der Waals surface area (Å²) in [6, 6.07) is 8.03. The Morgan fingerprint density at radius 3 is 2.50 bits per heavy atom. The van der Waals surface area contributed by atoms with Crippen molar-refractivity contribution >= 4 is 25.8 Å². The summed E-state index contributed by atoms with van der Waals surface area (Å²) in [5, 5.41) is -0.229. The largest absolute Gasteiger partial charge is 0.271 e. The number of hydrogen-bond acceptors (Lipinski definition) is 4. The average molecular weight is 361 g/mol. The Hall–Kier alpha value is -0.430. The van der Waals surface area contributed by atoms with Crippen molar-refractivity contribution in [2.45, 2.75) is 37.0 Å². The molecule has 1 saturated carbocycles. The molecule has 1 aromatic rings. The number of nitrogens with two attached hydrogens (primary N) is 1. The molecule has 4 nitrogen and oxygen atoms in total.